The third kappa shape index (κ3) is 3.19. The van der Waals surface area contributed by atoms with E-state index in [4.69, 9.17) is 5.73 Å². The number of rotatable bonds is 3. The number of aryl methyl sites for hydroxylation is 2. The molecule has 0 aliphatic heterocycles. The number of pyridine rings is 1. The van der Waals surface area contributed by atoms with Gasteiger partial charge in [-0.2, -0.15) is 5.26 Å². The smallest absolute Gasteiger partial charge is 0.142 e. The number of hydrogen-bond donors (Lipinski definition) is 1. The van der Waals surface area contributed by atoms with Crippen molar-refractivity contribution in [3.8, 4) is 17.2 Å². The lowest BCUT2D eigenvalue weighted by Gasteiger charge is -2.27. The lowest BCUT2D eigenvalue weighted by Crippen LogP contribution is -2.17. The number of benzene rings is 2. The first kappa shape index (κ1) is 17.3. The number of hydrogen-bond acceptors (Lipinski definition) is 3. The van der Waals surface area contributed by atoms with Crippen LogP contribution in [0.4, 0.5) is 5.82 Å². The van der Waals surface area contributed by atoms with Crippen molar-refractivity contribution in [3.05, 3.63) is 82.5 Å². The Morgan fingerprint density at radius 2 is 1.85 bits per heavy atom. The van der Waals surface area contributed by atoms with E-state index in [1.165, 1.54) is 16.7 Å². The van der Waals surface area contributed by atoms with Crippen LogP contribution in [-0.2, 0) is 19.3 Å². The molecule has 4 rings (SSSR count). The lowest BCUT2D eigenvalue weighted by molar-refractivity contribution is 0.576. The van der Waals surface area contributed by atoms with Crippen LogP contribution in [-0.4, -0.2) is 4.98 Å². The highest BCUT2D eigenvalue weighted by atomic mass is 14.9. The normalized spacial score (nSPS) is 15.8. The molecule has 1 aromatic heterocycles. The predicted molar refractivity (Wildman–Crippen MR) is 109 cm³/mol. The van der Waals surface area contributed by atoms with Crippen LogP contribution >= 0.6 is 0 Å². The van der Waals surface area contributed by atoms with Crippen LogP contribution < -0.4 is 5.73 Å². The molecule has 3 nitrogen and oxygen atoms in total. The van der Waals surface area contributed by atoms with Gasteiger partial charge >= 0.3 is 0 Å². The zero-order chi connectivity index (χ0) is 18.8. The maximum Gasteiger partial charge on any atom is 0.142 e. The van der Waals surface area contributed by atoms with Crippen molar-refractivity contribution < 1.29 is 0 Å². The molecule has 0 radical (unpaired) electrons. The quantitative estimate of drug-likeness (QED) is 0.717. The molecule has 1 aliphatic carbocycles. The maximum absolute atomic E-state index is 9.78. The highest BCUT2D eigenvalue weighted by molar-refractivity contribution is 5.79. The highest BCUT2D eigenvalue weighted by Crippen LogP contribution is 2.40. The van der Waals surface area contributed by atoms with Crippen molar-refractivity contribution >= 4 is 5.82 Å². The van der Waals surface area contributed by atoms with Crippen molar-refractivity contribution in [1.29, 1.82) is 5.26 Å². The third-order valence-electron chi connectivity index (χ3n) is 5.63. The van der Waals surface area contributed by atoms with E-state index in [2.05, 4.69) is 72.6 Å². The molecule has 0 amide bonds. The predicted octanol–water partition coefficient (Wildman–Crippen LogP) is 5.04. The van der Waals surface area contributed by atoms with Crippen LogP contribution in [0.5, 0.6) is 0 Å². The van der Waals surface area contributed by atoms with Gasteiger partial charge in [-0.15, -0.1) is 0 Å². The average Bonchev–Trinajstić information content (AvgIpc) is 2.73. The Bertz CT molecular complexity index is 999. The van der Waals surface area contributed by atoms with E-state index in [9.17, 15) is 5.26 Å². The molecule has 0 saturated heterocycles. The Morgan fingerprint density at radius 3 is 2.52 bits per heavy atom. The Balaban J connectivity index is 1.85. The molecule has 1 aliphatic rings. The van der Waals surface area contributed by atoms with Crippen LogP contribution in [0.3, 0.4) is 0 Å². The first-order valence-corrected chi connectivity index (χ1v) is 9.56. The van der Waals surface area contributed by atoms with E-state index in [-0.39, 0.29) is 0 Å². The van der Waals surface area contributed by atoms with Gasteiger partial charge in [0.2, 0.25) is 0 Å². The van der Waals surface area contributed by atoms with Gasteiger partial charge in [0.05, 0.1) is 0 Å². The summed E-state index contributed by atoms with van der Waals surface area (Å²) in [5.74, 6) is 0.799. The molecule has 1 atom stereocenters. The number of nitrogens with two attached hydrogens (primary N) is 1. The standard InChI is InChI=1S/C24H23N3/c1-2-16-8-10-18(11-9-16)23-20-14-19(17-6-4-3-5-7-17)12-13-22(20)27-24(26)21(23)15-25/h3-11,19H,2,12-14H2,1H3,(H2,26,27). The van der Waals surface area contributed by atoms with E-state index in [0.29, 0.717) is 17.3 Å². The fraction of sp³-hybridized carbons (Fsp3) is 0.250. The number of anilines is 1. The molecule has 0 spiro atoms. The second kappa shape index (κ2) is 7.25. The van der Waals surface area contributed by atoms with E-state index in [1.54, 1.807) is 0 Å². The summed E-state index contributed by atoms with van der Waals surface area (Å²) in [6.45, 7) is 2.15. The van der Waals surface area contributed by atoms with Gasteiger partial charge in [0, 0.05) is 11.3 Å². The van der Waals surface area contributed by atoms with Gasteiger partial charge in [-0.05, 0) is 53.9 Å². The van der Waals surface area contributed by atoms with E-state index in [0.717, 1.165) is 42.5 Å². The Morgan fingerprint density at radius 1 is 1.11 bits per heavy atom. The van der Waals surface area contributed by atoms with E-state index >= 15 is 0 Å². The van der Waals surface area contributed by atoms with Crippen LogP contribution in [0.2, 0.25) is 0 Å². The van der Waals surface area contributed by atoms with Crippen molar-refractivity contribution in [1.82, 2.24) is 4.98 Å². The highest BCUT2D eigenvalue weighted by Gasteiger charge is 2.27. The second-order valence-electron chi connectivity index (χ2n) is 7.18. The molecule has 2 N–H and O–H groups in total. The Labute approximate surface area is 160 Å². The van der Waals surface area contributed by atoms with Crippen LogP contribution in [0.15, 0.2) is 54.6 Å². The van der Waals surface area contributed by atoms with Gasteiger partial charge < -0.3 is 5.73 Å². The SMILES string of the molecule is CCc1ccc(-c2c(C#N)c(N)nc3c2CC(c2ccccc2)CC3)cc1. The van der Waals surface area contributed by atoms with Crippen molar-refractivity contribution in [3.63, 3.8) is 0 Å². The third-order valence-corrected chi connectivity index (χ3v) is 5.63. The van der Waals surface area contributed by atoms with Gasteiger partial charge in [0.1, 0.15) is 17.5 Å². The van der Waals surface area contributed by atoms with Gasteiger partial charge in [-0.3, -0.25) is 0 Å². The Hall–Kier alpha value is -3.12. The number of aromatic nitrogens is 1. The molecule has 1 heterocycles. The topological polar surface area (TPSA) is 62.7 Å². The molecule has 27 heavy (non-hydrogen) atoms. The number of nitriles is 1. The van der Waals surface area contributed by atoms with Gasteiger partial charge in [0.25, 0.3) is 0 Å². The number of nitrogens with zero attached hydrogens (tertiary/aromatic N) is 2. The molecular weight excluding hydrogens is 330 g/mol. The Kier molecular flexibility index (Phi) is 4.64. The molecule has 1 unspecified atom stereocenters. The second-order valence-corrected chi connectivity index (χ2v) is 7.18. The van der Waals surface area contributed by atoms with Crippen molar-refractivity contribution in [2.75, 3.05) is 5.73 Å². The van der Waals surface area contributed by atoms with Crippen LogP contribution in [0.25, 0.3) is 11.1 Å². The fourth-order valence-electron chi connectivity index (χ4n) is 4.13. The van der Waals surface area contributed by atoms with Gasteiger partial charge in [-0.25, -0.2) is 4.98 Å². The minimum atomic E-state index is 0.351. The molecule has 3 aromatic rings. The summed E-state index contributed by atoms with van der Waals surface area (Å²) >= 11 is 0. The molecule has 0 bridgehead atoms. The molecule has 0 fully saturated rings. The summed E-state index contributed by atoms with van der Waals surface area (Å²) in [4.78, 5) is 4.59. The molecule has 134 valence electrons. The van der Waals surface area contributed by atoms with Crippen LogP contribution in [0, 0.1) is 11.3 Å². The van der Waals surface area contributed by atoms with Crippen molar-refractivity contribution in [2.24, 2.45) is 0 Å². The summed E-state index contributed by atoms with van der Waals surface area (Å²) in [5.41, 5.74) is 13.6. The van der Waals surface area contributed by atoms with Gasteiger partial charge in [-0.1, -0.05) is 61.5 Å². The molecule has 0 saturated carbocycles. The molecular formula is C24H23N3. The van der Waals surface area contributed by atoms with Gasteiger partial charge in [0.15, 0.2) is 0 Å². The number of fused-ring (bicyclic) bond motifs is 1. The summed E-state index contributed by atoms with van der Waals surface area (Å²) in [6.07, 6.45) is 3.85. The molecule has 3 heteroatoms. The summed E-state index contributed by atoms with van der Waals surface area (Å²) in [7, 11) is 0. The minimum Gasteiger partial charge on any atom is -0.383 e. The zero-order valence-corrected chi connectivity index (χ0v) is 15.6. The fourth-order valence-corrected chi connectivity index (χ4v) is 4.13. The van der Waals surface area contributed by atoms with Crippen LogP contribution in [0.1, 0.15) is 47.2 Å². The van der Waals surface area contributed by atoms with E-state index in [1.807, 2.05) is 0 Å². The first-order valence-electron chi connectivity index (χ1n) is 9.56. The maximum atomic E-state index is 9.78. The monoisotopic (exact) mass is 353 g/mol. The largest absolute Gasteiger partial charge is 0.383 e. The zero-order valence-electron chi connectivity index (χ0n) is 15.6. The lowest BCUT2D eigenvalue weighted by atomic mass is 9.78. The molecule has 2 aromatic carbocycles. The number of nitrogen functional groups attached to an aromatic ring is 1. The summed E-state index contributed by atoms with van der Waals surface area (Å²) in [6, 6.07) is 21.4. The first-order chi connectivity index (χ1) is 13.2. The van der Waals surface area contributed by atoms with E-state index < -0.39 is 0 Å². The average molecular weight is 353 g/mol. The minimum absolute atomic E-state index is 0.351. The van der Waals surface area contributed by atoms with Crippen molar-refractivity contribution in [2.45, 2.75) is 38.5 Å². The summed E-state index contributed by atoms with van der Waals surface area (Å²) in [5, 5.41) is 9.78. The summed E-state index contributed by atoms with van der Waals surface area (Å²) < 4.78 is 0.